The van der Waals surface area contributed by atoms with Gasteiger partial charge in [0, 0.05) is 5.03 Å². The molecule has 0 radical (unpaired) electrons. The van der Waals surface area contributed by atoms with Gasteiger partial charge in [0.05, 0.1) is 6.54 Å². The summed E-state index contributed by atoms with van der Waals surface area (Å²) in [5.41, 5.74) is -1.03. The molecular formula is C10H11ClN2O3. The van der Waals surface area contributed by atoms with Crippen LogP contribution in [0.1, 0.15) is 19.3 Å². The van der Waals surface area contributed by atoms with Crippen molar-refractivity contribution in [3.8, 4) is 0 Å². The van der Waals surface area contributed by atoms with Crippen molar-refractivity contribution in [2.24, 2.45) is 5.41 Å². The fraction of sp³-hybridized carbons (Fsp3) is 0.500. The number of carbonyl (C=O) groups is 3. The number of amides is 4. The summed E-state index contributed by atoms with van der Waals surface area (Å²) in [6.45, 7) is 3.38. The molecule has 0 atom stereocenters. The molecule has 4 amide bonds. The maximum atomic E-state index is 12.0. The number of hydrogen-bond donors (Lipinski definition) is 1. The van der Waals surface area contributed by atoms with Crippen LogP contribution < -0.4 is 5.32 Å². The minimum absolute atomic E-state index is 0.0543. The third kappa shape index (κ3) is 1.43. The van der Waals surface area contributed by atoms with E-state index in [1.807, 2.05) is 0 Å². The maximum absolute atomic E-state index is 12.0. The Bertz CT molecular complexity index is 401. The van der Waals surface area contributed by atoms with Crippen LogP contribution in [0.15, 0.2) is 11.6 Å². The Morgan fingerprint density at radius 2 is 2.06 bits per heavy atom. The standard InChI is InChI=1S/C10H11ClN2O3/c1-6(11)5-13-8(15)10(3-2-4-10)7(14)12-9(13)16/h1-5H2,(H,12,14,16). The molecule has 1 saturated carbocycles. The first-order valence-electron chi connectivity index (χ1n) is 4.98. The first kappa shape index (κ1) is 11.1. The molecule has 6 heteroatoms. The largest absolute Gasteiger partial charge is 0.331 e. The number of nitrogens with zero attached hydrogens (tertiary/aromatic N) is 1. The van der Waals surface area contributed by atoms with Crippen molar-refractivity contribution >= 4 is 29.4 Å². The minimum atomic E-state index is -1.03. The second-order valence-corrected chi connectivity index (χ2v) is 4.64. The zero-order valence-corrected chi connectivity index (χ0v) is 9.34. The summed E-state index contributed by atoms with van der Waals surface area (Å²) in [7, 11) is 0. The molecule has 0 unspecified atom stereocenters. The van der Waals surface area contributed by atoms with Gasteiger partial charge in [-0.1, -0.05) is 24.6 Å². The molecule has 1 heterocycles. The Hall–Kier alpha value is -1.36. The first-order chi connectivity index (χ1) is 7.47. The molecule has 16 heavy (non-hydrogen) atoms. The molecule has 2 aliphatic rings. The molecular weight excluding hydrogens is 232 g/mol. The highest BCUT2D eigenvalue weighted by atomic mass is 35.5. The average Bonchev–Trinajstić information content (AvgIpc) is 2.09. The molecule has 0 aromatic carbocycles. The van der Waals surface area contributed by atoms with Crippen LogP contribution in [0.3, 0.4) is 0 Å². The fourth-order valence-corrected chi connectivity index (χ4v) is 2.14. The number of barbiturate groups is 1. The molecule has 2 rings (SSSR count). The number of hydrogen-bond acceptors (Lipinski definition) is 3. The molecule has 5 nitrogen and oxygen atoms in total. The van der Waals surface area contributed by atoms with E-state index in [9.17, 15) is 14.4 Å². The van der Waals surface area contributed by atoms with E-state index in [1.54, 1.807) is 0 Å². The van der Waals surface area contributed by atoms with Gasteiger partial charge in [0.2, 0.25) is 11.8 Å². The maximum Gasteiger partial charge on any atom is 0.331 e. The Kier molecular flexibility index (Phi) is 2.50. The minimum Gasteiger partial charge on any atom is -0.277 e. The molecule has 1 aliphatic heterocycles. The van der Waals surface area contributed by atoms with Crippen molar-refractivity contribution in [3.05, 3.63) is 11.6 Å². The van der Waals surface area contributed by atoms with E-state index in [0.29, 0.717) is 12.8 Å². The predicted molar refractivity (Wildman–Crippen MR) is 56.5 cm³/mol. The molecule has 1 N–H and O–H groups in total. The van der Waals surface area contributed by atoms with E-state index in [4.69, 9.17) is 11.6 Å². The van der Waals surface area contributed by atoms with Crippen LogP contribution in [0.2, 0.25) is 0 Å². The van der Waals surface area contributed by atoms with E-state index in [-0.39, 0.29) is 11.6 Å². The van der Waals surface area contributed by atoms with Gasteiger partial charge in [-0.15, -0.1) is 0 Å². The van der Waals surface area contributed by atoms with Crippen LogP contribution in [0.5, 0.6) is 0 Å². The molecule has 1 saturated heterocycles. The van der Waals surface area contributed by atoms with Gasteiger partial charge in [-0.3, -0.25) is 19.8 Å². The summed E-state index contributed by atoms with van der Waals surface area (Å²) in [6, 6.07) is -0.714. The van der Waals surface area contributed by atoms with Gasteiger partial charge in [0.15, 0.2) is 0 Å². The molecule has 0 aromatic rings. The topological polar surface area (TPSA) is 66.5 Å². The lowest BCUT2D eigenvalue weighted by molar-refractivity contribution is -0.157. The van der Waals surface area contributed by atoms with Gasteiger partial charge in [-0.25, -0.2) is 4.79 Å². The predicted octanol–water partition coefficient (Wildman–Crippen LogP) is 0.988. The van der Waals surface area contributed by atoms with Crippen LogP contribution in [-0.2, 0) is 9.59 Å². The summed E-state index contributed by atoms with van der Waals surface area (Å²) in [4.78, 5) is 36.1. The van der Waals surface area contributed by atoms with Crippen molar-refractivity contribution in [3.63, 3.8) is 0 Å². The van der Waals surface area contributed by atoms with E-state index in [2.05, 4.69) is 11.9 Å². The highest BCUT2D eigenvalue weighted by molar-refractivity contribution is 6.30. The summed E-state index contributed by atoms with van der Waals surface area (Å²) < 4.78 is 0. The molecule has 86 valence electrons. The molecule has 0 aromatic heterocycles. The van der Waals surface area contributed by atoms with Gasteiger partial charge >= 0.3 is 6.03 Å². The smallest absolute Gasteiger partial charge is 0.277 e. The second-order valence-electron chi connectivity index (χ2n) is 4.10. The summed E-state index contributed by atoms with van der Waals surface area (Å²) in [5, 5.41) is 2.37. The van der Waals surface area contributed by atoms with Gasteiger partial charge in [-0.2, -0.15) is 0 Å². The number of carbonyl (C=O) groups excluding carboxylic acids is 3. The first-order valence-corrected chi connectivity index (χ1v) is 5.36. The highest BCUT2D eigenvalue weighted by Gasteiger charge is 2.57. The highest BCUT2D eigenvalue weighted by Crippen LogP contribution is 2.44. The van der Waals surface area contributed by atoms with E-state index >= 15 is 0 Å². The number of imide groups is 2. The van der Waals surface area contributed by atoms with Crippen LogP contribution in [0.25, 0.3) is 0 Å². The van der Waals surface area contributed by atoms with Crippen molar-refractivity contribution in [1.82, 2.24) is 10.2 Å². The lowest BCUT2D eigenvalue weighted by atomic mass is 9.66. The number of rotatable bonds is 2. The summed E-state index contributed by atoms with van der Waals surface area (Å²) >= 11 is 5.58. The third-order valence-corrected chi connectivity index (χ3v) is 3.21. The van der Waals surface area contributed by atoms with Gasteiger partial charge in [0.25, 0.3) is 0 Å². The van der Waals surface area contributed by atoms with Gasteiger partial charge < -0.3 is 0 Å². The van der Waals surface area contributed by atoms with E-state index < -0.39 is 23.3 Å². The molecule has 1 spiro atoms. The zero-order chi connectivity index (χ0) is 11.9. The van der Waals surface area contributed by atoms with Crippen molar-refractivity contribution in [1.29, 1.82) is 0 Å². The monoisotopic (exact) mass is 242 g/mol. The SMILES string of the molecule is C=C(Cl)CN1C(=O)NC(=O)C2(CCC2)C1=O. The third-order valence-electron chi connectivity index (χ3n) is 3.09. The number of halogens is 1. The molecule has 0 bridgehead atoms. The Morgan fingerprint density at radius 3 is 2.50 bits per heavy atom. The summed E-state index contributed by atoms with van der Waals surface area (Å²) in [6.07, 6.45) is 1.81. The normalized spacial score (nSPS) is 23.1. The van der Waals surface area contributed by atoms with Crippen LogP contribution in [-0.4, -0.2) is 29.3 Å². The van der Waals surface area contributed by atoms with Crippen molar-refractivity contribution < 1.29 is 14.4 Å². The van der Waals surface area contributed by atoms with E-state index in [1.165, 1.54) is 0 Å². The fourth-order valence-electron chi connectivity index (χ4n) is 2.02. The van der Waals surface area contributed by atoms with Crippen molar-refractivity contribution in [2.75, 3.05) is 6.54 Å². The molecule has 1 aliphatic carbocycles. The Balaban J connectivity index is 2.26. The quantitative estimate of drug-likeness (QED) is 0.735. The van der Waals surface area contributed by atoms with E-state index in [0.717, 1.165) is 11.3 Å². The van der Waals surface area contributed by atoms with Gasteiger partial charge in [-0.05, 0) is 12.8 Å². The molecule has 2 fully saturated rings. The van der Waals surface area contributed by atoms with Crippen LogP contribution >= 0.6 is 11.6 Å². The number of urea groups is 1. The Morgan fingerprint density at radius 1 is 1.44 bits per heavy atom. The lowest BCUT2D eigenvalue weighted by Crippen LogP contribution is -2.66. The van der Waals surface area contributed by atoms with Crippen LogP contribution in [0, 0.1) is 5.41 Å². The summed E-state index contributed by atoms with van der Waals surface area (Å²) in [5.74, 6) is -0.931. The Labute approximate surface area is 97.4 Å². The van der Waals surface area contributed by atoms with Crippen molar-refractivity contribution in [2.45, 2.75) is 19.3 Å². The lowest BCUT2D eigenvalue weighted by Gasteiger charge is -2.44. The number of nitrogens with one attached hydrogen (secondary N) is 1. The second kappa shape index (κ2) is 3.59. The average molecular weight is 243 g/mol. The van der Waals surface area contributed by atoms with Gasteiger partial charge in [0.1, 0.15) is 5.41 Å². The van der Waals surface area contributed by atoms with Crippen LogP contribution in [0.4, 0.5) is 4.79 Å². The zero-order valence-electron chi connectivity index (χ0n) is 8.59.